The van der Waals surface area contributed by atoms with Crippen LogP contribution in [0.5, 0.6) is 0 Å². The van der Waals surface area contributed by atoms with Gasteiger partial charge in [0.15, 0.2) is 9.84 Å². The van der Waals surface area contributed by atoms with Crippen molar-refractivity contribution in [1.29, 1.82) is 0 Å². The number of carbonyl (C=O) groups excluding carboxylic acids is 1. The first-order chi connectivity index (χ1) is 9.45. The summed E-state index contributed by atoms with van der Waals surface area (Å²) in [5.41, 5.74) is 6.05. The first-order valence-electron chi connectivity index (χ1n) is 6.81. The lowest BCUT2D eigenvalue weighted by atomic mass is 9.96. The Hall–Kier alpha value is -1.56. The van der Waals surface area contributed by atoms with Crippen LogP contribution in [-0.4, -0.2) is 33.2 Å². The van der Waals surface area contributed by atoms with Gasteiger partial charge >= 0.3 is 0 Å². The Bertz CT molecular complexity index is 590. The van der Waals surface area contributed by atoms with Crippen molar-refractivity contribution in [3.8, 4) is 0 Å². The van der Waals surface area contributed by atoms with Crippen LogP contribution in [0.4, 0.5) is 5.69 Å². The third kappa shape index (κ3) is 2.95. The van der Waals surface area contributed by atoms with Gasteiger partial charge in [-0.3, -0.25) is 4.79 Å². The first kappa shape index (κ1) is 14.8. The summed E-state index contributed by atoms with van der Waals surface area (Å²) in [6.45, 7) is 2.96. The predicted molar refractivity (Wildman–Crippen MR) is 78.3 cm³/mol. The Morgan fingerprint density at radius 3 is 2.45 bits per heavy atom. The molecule has 1 aliphatic rings. The van der Waals surface area contributed by atoms with Crippen molar-refractivity contribution in [1.82, 2.24) is 0 Å². The number of piperidine rings is 1. The Balaban J connectivity index is 2.25. The Morgan fingerprint density at radius 2 is 1.90 bits per heavy atom. The van der Waals surface area contributed by atoms with Crippen LogP contribution in [0, 0.1) is 5.92 Å². The largest absolute Gasteiger partial charge is 0.370 e. The summed E-state index contributed by atoms with van der Waals surface area (Å²) in [5.74, 6) is -0.276. The molecule has 5 nitrogen and oxygen atoms in total. The lowest BCUT2D eigenvalue weighted by Gasteiger charge is -2.33. The van der Waals surface area contributed by atoms with Crippen LogP contribution in [0.2, 0.25) is 0 Å². The van der Waals surface area contributed by atoms with E-state index in [1.807, 2.05) is 17.0 Å². The summed E-state index contributed by atoms with van der Waals surface area (Å²) in [6, 6.07) is 7.05. The van der Waals surface area contributed by atoms with Gasteiger partial charge in [-0.25, -0.2) is 8.42 Å². The molecule has 1 amide bonds. The number of anilines is 1. The molecular weight excluding hydrogens is 276 g/mol. The zero-order valence-electron chi connectivity index (χ0n) is 11.6. The SMILES string of the molecule is CCS(=O)(=O)c1ccccc1N1CCC(C(N)=O)CC1. The van der Waals surface area contributed by atoms with E-state index in [1.165, 1.54) is 0 Å². The van der Waals surface area contributed by atoms with Crippen molar-refractivity contribution in [3.05, 3.63) is 24.3 Å². The molecule has 110 valence electrons. The number of para-hydroxylation sites is 1. The van der Waals surface area contributed by atoms with Gasteiger partial charge in [-0.15, -0.1) is 0 Å². The number of nitrogens with zero attached hydrogens (tertiary/aromatic N) is 1. The van der Waals surface area contributed by atoms with Gasteiger partial charge in [0.05, 0.1) is 16.3 Å². The second kappa shape index (κ2) is 5.83. The van der Waals surface area contributed by atoms with Crippen molar-refractivity contribution in [2.24, 2.45) is 11.7 Å². The maximum atomic E-state index is 12.1. The third-order valence-corrected chi connectivity index (χ3v) is 5.59. The molecule has 6 heteroatoms. The van der Waals surface area contributed by atoms with Crippen LogP contribution in [-0.2, 0) is 14.6 Å². The minimum atomic E-state index is -3.24. The molecule has 2 N–H and O–H groups in total. The van der Waals surface area contributed by atoms with Crippen LogP contribution in [0.1, 0.15) is 19.8 Å². The van der Waals surface area contributed by atoms with Gasteiger partial charge < -0.3 is 10.6 Å². The van der Waals surface area contributed by atoms with Gasteiger partial charge in [0.25, 0.3) is 0 Å². The number of hydrogen-bond donors (Lipinski definition) is 1. The van der Waals surface area contributed by atoms with Gasteiger partial charge in [0, 0.05) is 19.0 Å². The van der Waals surface area contributed by atoms with E-state index in [-0.39, 0.29) is 17.6 Å². The van der Waals surface area contributed by atoms with E-state index in [1.54, 1.807) is 19.1 Å². The molecule has 1 heterocycles. The van der Waals surface area contributed by atoms with Crippen molar-refractivity contribution < 1.29 is 13.2 Å². The molecular formula is C14H20N2O3S. The standard InChI is InChI=1S/C14H20N2O3S/c1-2-20(18,19)13-6-4-3-5-12(13)16-9-7-11(8-10-16)14(15)17/h3-6,11H,2,7-10H2,1H3,(H2,15,17). The molecule has 0 spiro atoms. The maximum Gasteiger partial charge on any atom is 0.220 e. The van der Waals surface area contributed by atoms with Crippen LogP contribution in [0.3, 0.4) is 0 Å². The van der Waals surface area contributed by atoms with Crippen LogP contribution < -0.4 is 10.6 Å². The monoisotopic (exact) mass is 296 g/mol. The normalized spacial score (nSPS) is 17.1. The fourth-order valence-corrected chi connectivity index (χ4v) is 3.65. The van der Waals surface area contributed by atoms with Crippen molar-refractivity contribution in [2.75, 3.05) is 23.7 Å². The summed E-state index contributed by atoms with van der Waals surface area (Å²) in [7, 11) is -3.24. The molecule has 0 aliphatic carbocycles. The second-order valence-electron chi connectivity index (χ2n) is 5.03. The number of primary amides is 1. The third-order valence-electron chi connectivity index (χ3n) is 3.82. The van der Waals surface area contributed by atoms with Crippen LogP contribution in [0.15, 0.2) is 29.2 Å². The Morgan fingerprint density at radius 1 is 1.30 bits per heavy atom. The first-order valence-corrected chi connectivity index (χ1v) is 8.47. The van der Waals surface area contributed by atoms with Gasteiger partial charge in [-0.2, -0.15) is 0 Å². The molecule has 1 fully saturated rings. The molecule has 1 saturated heterocycles. The van der Waals surface area contributed by atoms with E-state index in [2.05, 4.69) is 0 Å². The van der Waals surface area contributed by atoms with Gasteiger partial charge in [0.2, 0.25) is 5.91 Å². The topological polar surface area (TPSA) is 80.5 Å². The van der Waals surface area contributed by atoms with E-state index >= 15 is 0 Å². The average Bonchev–Trinajstić information content (AvgIpc) is 2.47. The lowest BCUT2D eigenvalue weighted by Crippen LogP contribution is -2.39. The van der Waals surface area contributed by atoms with E-state index < -0.39 is 9.84 Å². The molecule has 2 rings (SSSR count). The molecule has 1 aromatic rings. The zero-order valence-corrected chi connectivity index (χ0v) is 12.4. The van der Waals surface area contributed by atoms with Crippen molar-refractivity contribution >= 4 is 21.4 Å². The van der Waals surface area contributed by atoms with Gasteiger partial charge in [-0.1, -0.05) is 19.1 Å². The Kier molecular flexibility index (Phi) is 4.32. The van der Waals surface area contributed by atoms with Crippen LogP contribution in [0.25, 0.3) is 0 Å². The lowest BCUT2D eigenvalue weighted by molar-refractivity contribution is -0.122. The van der Waals surface area contributed by atoms with E-state index in [0.29, 0.717) is 30.8 Å². The number of benzene rings is 1. The number of rotatable bonds is 4. The summed E-state index contributed by atoms with van der Waals surface area (Å²) in [6.07, 6.45) is 1.35. The number of nitrogens with two attached hydrogens (primary N) is 1. The number of sulfone groups is 1. The fraction of sp³-hybridized carbons (Fsp3) is 0.500. The van der Waals surface area contributed by atoms with E-state index in [0.717, 1.165) is 5.69 Å². The van der Waals surface area contributed by atoms with E-state index in [4.69, 9.17) is 5.73 Å². The second-order valence-corrected chi connectivity index (χ2v) is 7.28. The van der Waals surface area contributed by atoms with Gasteiger partial charge in [0.1, 0.15) is 0 Å². The van der Waals surface area contributed by atoms with Gasteiger partial charge in [-0.05, 0) is 25.0 Å². The fourth-order valence-electron chi connectivity index (χ4n) is 2.54. The van der Waals surface area contributed by atoms with Crippen molar-refractivity contribution in [2.45, 2.75) is 24.7 Å². The number of hydrogen-bond acceptors (Lipinski definition) is 4. The molecule has 20 heavy (non-hydrogen) atoms. The minimum absolute atomic E-state index is 0.0851. The summed E-state index contributed by atoms with van der Waals surface area (Å²) < 4.78 is 24.3. The molecule has 0 aromatic heterocycles. The smallest absolute Gasteiger partial charge is 0.220 e. The van der Waals surface area contributed by atoms with E-state index in [9.17, 15) is 13.2 Å². The Labute approximate surface area is 119 Å². The molecule has 0 radical (unpaired) electrons. The number of amides is 1. The van der Waals surface area contributed by atoms with Crippen molar-refractivity contribution in [3.63, 3.8) is 0 Å². The highest BCUT2D eigenvalue weighted by Gasteiger charge is 2.26. The summed E-state index contributed by atoms with van der Waals surface area (Å²) >= 11 is 0. The molecule has 0 saturated carbocycles. The highest BCUT2D eigenvalue weighted by molar-refractivity contribution is 7.91. The summed E-state index contributed by atoms with van der Waals surface area (Å²) in [5, 5.41) is 0. The molecule has 1 aliphatic heterocycles. The highest BCUT2D eigenvalue weighted by Crippen LogP contribution is 2.29. The quantitative estimate of drug-likeness (QED) is 0.904. The predicted octanol–water partition coefficient (Wildman–Crippen LogP) is 1.18. The molecule has 1 aromatic carbocycles. The average molecular weight is 296 g/mol. The van der Waals surface area contributed by atoms with Crippen LogP contribution >= 0.6 is 0 Å². The zero-order chi connectivity index (χ0) is 14.8. The molecule has 0 atom stereocenters. The highest BCUT2D eigenvalue weighted by atomic mass is 32.2. The molecule has 0 unspecified atom stereocenters. The maximum absolute atomic E-state index is 12.1. The number of carbonyl (C=O) groups is 1. The minimum Gasteiger partial charge on any atom is -0.370 e. The molecule has 0 bridgehead atoms. The summed E-state index contributed by atoms with van der Waals surface area (Å²) in [4.78, 5) is 13.6.